The summed E-state index contributed by atoms with van der Waals surface area (Å²) in [4.78, 5) is 0.784. The van der Waals surface area contributed by atoms with Crippen LogP contribution in [-0.2, 0) is 0 Å². The summed E-state index contributed by atoms with van der Waals surface area (Å²) in [5.74, 6) is 1.95. The topological polar surface area (TPSA) is 0 Å². The molecule has 0 unspecified atom stereocenters. The van der Waals surface area contributed by atoms with Gasteiger partial charge in [0, 0.05) is 4.90 Å². The number of hydrogen-bond acceptors (Lipinski definition) is 2. The Balaban J connectivity index is 1.94. The molecule has 1 aromatic carbocycles. The minimum absolute atomic E-state index is 0.0887. The van der Waals surface area contributed by atoms with Gasteiger partial charge >= 0.3 is 0 Å². The van der Waals surface area contributed by atoms with Crippen LogP contribution in [0.1, 0.15) is 44.9 Å². The zero-order chi connectivity index (χ0) is 13.1. The first-order valence-corrected chi connectivity index (χ1v) is 8.44. The number of hydrogen-bond donors (Lipinski definition) is 1. The molecule has 0 N–H and O–H groups in total. The van der Waals surface area contributed by atoms with Crippen LogP contribution in [-0.4, -0.2) is 11.5 Å². The third kappa shape index (κ3) is 7.32. The molecule has 0 aliphatic heterocycles. The second-order valence-corrected chi connectivity index (χ2v) is 6.06. The van der Waals surface area contributed by atoms with Crippen LogP contribution in [0.3, 0.4) is 0 Å². The molecule has 0 amide bonds. The Hall–Kier alpha value is -0.150. The fraction of sp³-hybridized carbons (Fsp3) is 0.600. The first-order valence-electron chi connectivity index (χ1n) is 6.83. The van der Waals surface area contributed by atoms with Crippen LogP contribution in [0.25, 0.3) is 0 Å². The standard InChI is InChI=1S/C15H23FS2/c16-14-10-6-7-11-15(14)18-13-9-5-3-1-2-4-8-12-17/h6-7,10-11,17H,1-5,8-9,12-13H2. The lowest BCUT2D eigenvalue weighted by Gasteiger charge is -2.03. The highest BCUT2D eigenvalue weighted by atomic mass is 32.2. The molecule has 0 nitrogen and oxygen atoms in total. The molecule has 18 heavy (non-hydrogen) atoms. The van der Waals surface area contributed by atoms with Crippen LogP contribution < -0.4 is 0 Å². The van der Waals surface area contributed by atoms with E-state index in [1.54, 1.807) is 17.8 Å². The minimum atomic E-state index is -0.0887. The second-order valence-electron chi connectivity index (χ2n) is 4.48. The van der Waals surface area contributed by atoms with Crippen LogP contribution in [0, 0.1) is 5.82 Å². The third-order valence-electron chi connectivity index (χ3n) is 2.90. The zero-order valence-electron chi connectivity index (χ0n) is 10.9. The lowest BCUT2D eigenvalue weighted by molar-refractivity contribution is 0.599. The Morgan fingerprint density at radius 1 is 0.889 bits per heavy atom. The van der Waals surface area contributed by atoms with E-state index in [2.05, 4.69) is 12.6 Å². The van der Waals surface area contributed by atoms with Crippen molar-refractivity contribution >= 4 is 24.4 Å². The van der Waals surface area contributed by atoms with Gasteiger partial charge in [-0.15, -0.1) is 11.8 Å². The molecular weight excluding hydrogens is 263 g/mol. The summed E-state index contributed by atoms with van der Waals surface area (Å²) in [6.07, 6.45) is 8.98. The van der Waals surface area contributed by atoms with Crippen LogP contribution in [0.2, 0.25) is 0 Å². The zero-order valence-corrected chi connectivity index (χ0v) is 12.6. The highest BCUT2D eigenvalue weighted by Gasteiger charge is 2.00. The fourth-order valence-electron chi connectivity index (χ4n) is 1.84. The van der Waals surface area contributed by atoms with Gasteiger partial charge in [-0.2, -0.15) is 12.6 Å². The molecule has 0 radical (unpaired) electrons. The molecule has 0 fully saturated rings. The Morgan fingerprint density at radius 2 is 1.50 bits per heavy atom. The van der Waals surface area contributed by atoms with E-state index in [9.17, 15) is 4.39 Å². The van der Waals surface area contributed by atoms with Gasteiger partial charge < -0.3 is 0 Å². The van der Waals surface area contributed by atoms with Crippen molar-refractivity contribution in [3.8, 4) is 0 Å². The highest BCUT2D eigenvalue weighted by Crippen LogP contribution is 2.22. The summed E-state index contributed by atoms with van der Waals surface area (Å²) in [5, 5.41) is 0. The largest absolute Gasteiger partial charge is 0.206 e. The van der Waals surface area contributed by atoms with Crippen LogP contribution in [0.15, 0.2) is 29.2 Å². The van der Waals surface area contributed by atoms with Gasteiger partial charge in [-0.3, -0.25) is 0 Å². The van der Waals surface area contributed by atoms with Gasteiger partial charge in [-0.25, -0.2) is 4.39 Å². The average Bonchev–Trinajstić information content (AvgIpc) is 2.39. The maximum atomic E-state index is 13.3. The summed E-state index contributed by atoms with van der Waals surface area (Å²) in [6, 6.07) is 7.03. The van der Waals surface area contributed by atoms with E-state index >= 15 is 0 Å². The highest BCUT2D eigenvalue weighted by molar-refractivity contribution is 7.99. The van der Waals surface area contributed by atoms with Gasteiger partial charge in [-0.05, 0) is 36.5 Å². The molecular formula is C15H23FS2. The molecule has 0 atom stereocenters. The van der Waals surface area contributed by atoms with Crippen molar-refractivity contribution in [1.29, 1.82) is 0 Å². The van der Waals surface area contributed by atoms with Crippen molar-refractivity contribution in [3.63, 3.8) is 0 Å². The summed E-state index contributed by atoms with van der Waals surface area (Å²) in [5.41, 5.74) is 0. The van der Waals surface area contributed by atoms with Gasteiger partial charge in [0.15, 0.2) is 0 Å². The first kappa shape index (κ1) is 15.9. The lowest BCUT2D eigenvalue weighted by atomic mass is 10.1. The van der Waals surface area contributed by atoms with Crippen molar-refractivity contribution < 1.29 is 4.39 Å². The van der Waals surface area contributed by atoms with E-state index in [1.165, 1.54) is 51.0 Å². The normalized spacial score (nSPS) is 10.8. The summed E-state index contributed by atoms with van der Waals surface area (Å²) in [6.45, 7) is 0. The van der Waals surface area contributed by atoms with Crippen molar-refractivity contribution in [2.24, 2.45) is 0 Å². The van der Waals surface area contributed by atoms with Crippen molar-refractivity contribution in [2.75, 3.05) is 11.5 Å². The van der Waals surface area contributed by atoms with Gasteiger partial charge in [-0.1, -0.05) is 44.2 Å². The molecule has 3 heteroatoms. The van der Waals surface area contributed by atoms with E-state index in [0.29, 0.717) is 0 Å². The number of thiol groups is 1. The SMILES string of the molecule is Fc1ccccc1SCCCCCCCCCS. The van der Waals surface area contributed by atoms with E-state index in [1.807, 2.05) is 12.1 Å². The first-order chi connectivity index (χ1) is 8.84. The van der Waals surface area contributed by atoms with Crippen molar-refractivity contribution in [2.45, 2.75) is 49.8 Å². The molecule has 0 saturated heterocycles. The summed E-state index contributed by atoms with van der Waals surface area (Å²) in [7, 11) is 0. The predicted octanol–water partition coefficient (Wildman–Crippen LogP) is 5.58. The fourth-order valence-corrected chi connectivity index (χ4v) is 3.01. The molecule has 0 saturated carbocycles. The van der Waals surface area contributed by atoms with E-state index in [4.69, 9.17) is 0 Å². The van der Waals surface area contributed by atoms with E-state index in [0.717, 1.165) is 16.4 Å². The maximum Gasteiger partial charge on any atom is 0.136 e. The molecule has 0 aliphatic rings. The minimum Gasteiger partial charge on any atom is -0.206 e. The molecule has 0 spiro atoms. The molecule has 0 aromatic heterocycles. The Kier molecular flexibility index (Phi) is 9.49. The third-order valence-corrected chi connectivity index (χ3v) is 4.35. The molecule has 1 aromatic rings. The predicted molar refractivity (Wildman–Crippen MR) is 83.3 cm³/mol. The summed E-state index contributed by atoms with van der Waals surface area (Å²) < 4.78 is 13.3. The Morgan fingerprint density at radius 3 is 2.17 bits per heavy atom. The van der Waals surface area contributed by atoms with Gasteiger partial charge in [0.05, 0.1) is 0 Å². The van der Waals surface area contributed by atoms with E-state index < -0.39 is 0 Å². The monoisotopic (exact) mass is 286 g/mol. The Labute approximate surface area is 120 Å². The molecule has 102 valence electrons. The van der Waals surface area contributed by atoms with Crippen molar-refractivity contribution in [3.05, 3.63) is 30.1 Å². The number of halogens is 1. The van der Waals surface area contributed by atoms with Crippen molar-refractivity contribution in [1.82, 2.24) is 0 Å². The number of unbranched alkanes of at least 4 members (excludes halogenated alkanes) is 6. The quantitative estimate of drug-likeness (QED) is 0.333. The molecule has 0 heterocycles. The number of rotatable bonds is 10. The van der Waals surface area contributed by atoms with Crippen LogP contribution >= 0.6 is 24.4 Å². The second kappa shape index (κ2) is 10.7. The van der Waals surface area contributed by atoms with Gasteiger partial charge in [0.1, 0.15) is 5.82 Å². The molecule has 1 rings (SSSR count). The lowest BCUT2D eigenvalue weighted by Crippen LogP contribution is -1.85. The Bertz CT molecular complexity index is 315. The molecule has 0 bridgehead atoms. The maximum absolute atomic E-state index is 13.3. The van der Waals surface area contributed by atoms with E-state index in [-0.39, 0.29) is 5.82 Å². The summed E-state index contributed by atoms with van der Waals surface area (Å²) >= 11 is 5.84. The van der Waals surface area contributed by atoms with Gasteiger partial charge in [0.2, 0.25) is 0 Å². The number of thioether (sulfide) groups is 1. The smallest absolute Gasteiger partial charge is 0.136 e. The van der Waals surface area contributed by atoms with Gasteiger partial charge in [0.25, 0.3) is 0 Å². The molecule has 0 aliphatic carbocycles. The van der Waals surface area contributed by atoms with Crippen LogP contribution in [0.4, 0.5) is 4.39 Å². The average molecular weight is 286 g/mol. The number of benzene rings is 1. The van der Waals surface area contributed by atoms with Crippen LogP contribution in [0.5, 0.6) is 0 Å².